The van der Waals surface area contributed by atoms with Crippen molar-refractivity contribution in [3.63, 3.8) is 0 Å². The van der Waals surface area contributed by atoms with Crippen LogP contribution < -0.4 is 0 Å². The number of carbonyl (C=O) groups excluding carboxylic acids is 1. The van der Waals surface area contributed by atoms with E-state index in [1.165, 1.54) is 11.3 Å². The molecule has 17 heavy (non-hydrogen) atoms. The molecule has 0 radical (unpaired) electrons. The Hall–Kier alpha value is -0.220. The Morgan fingerprint density at radius 1 is 1.35 bits per heavy atom. The van der Waals surface area contributed by atoms with Crippen LogP contribution in [-0.4, -0.2) is 46.4 Å². The van der Waals surface area contributed by atoms with Gasteiger partial charge >= 0.3 is 0 Å². The third kappa shape index (κ3) is 1.72. The van der Waals surface area contributed by atoms with E-state index in [2.05, 4.69) is 9.24 Å². The van der Waals surface area contributed by atoms with Gasteiger partial charge < -0.3 is 19.5 Å². The zero-order valence-corrected chi connectivity index (χ0v) is 10.8. The minimum atomic E-state index is -0.869. The van der Waals surface area contributed by atoms with Gasteiger partial charge in [0.05, 0.1) is 0 Å². The van der Waals surface area contributed by atoms with E-state index in [4.69, 9.17) is 9.47 Å². The first-order chi connectivity index (χ1) is 8.17. The summed E-state index contributed by atoms with van der Waals surface area (Å²) in [6.45, 7) is 0. The Labute approximate surface area is 103 Å². The lowest BCUT2D eigenvalue weighted by molar-refractivity contribution is -0.217. The summed E-state index contributed by atoms with van der Waals surface area (Å²) in [4.78, 5) is 13.4. The van der Waals surface area contributed by atoms with Gasteiger partial charge in [-0.25, -0.2) is 0 Å². The Morgan fingerprint density at radius 3 is 2.65 bits per heavy atom. The predicted octanol–water partition coefficient (Wildman–Crippen LogP) is 0.424. The number of rotatable bonds is 1. The van der Waals surface area contributed by atoms with E-state index in [0.29, 0.717) is 6.29 Å². The lowest BCUT2D eigenvalue weighted by atomic mass is 9.94. The fourth-order valence-corrected chi connectivity index (χ4v) is 3.44. The molecule has 1 spiro atoms. The maximum Gasteiger partial charge on any atom is 0.257 e. The normalized spacial score (nSPS) is 40.0. The molecular formula is C11H18NO4P. The molecule has 1 saturated carbocycles. The first-order valence-electron chi connectivity index (χ1n) is 6.21. The summed E-state index contributed by atoms with van der Waals surface area (Å²) in [6, 6.07) is 0. The molecule has 2 heterocycles. The molecule has 1 aliphatic carbocycles. The van der Waals surface area contributed by atoms with Gasteiger partial charge in [-0.3, -0.25) is 4.79 Å². The van der Waals surface area contributed by atoms with E-state index < -0.39 is 24.2 Å². The molecule has 2 aliphatic heterocycles. The number of amides is 1. The van der Waals surface area contributed by atoms with E-state index >= 15 is 0 Å². The number of aliphatic hydroxyl groups is 1. The second-order valence-electron chi connectivity index (χ2n) is 5.00. The number of fused-ring (bicyclic) bond motifs is 1. The first-order valence-corrected chi connectivity index (χ1v) is 7.03. The van der Waals surface area contributed by atoms with Gasteiger partial charge in [-0.05, 0) is 12.8 Å². The molecule has 3 fully saturated rings. The third-order valence-electron chi connectivity index (χ3n) is 3.94. The molecule has 1 N–H and O–H groups in total. The maximum atomic E-state index is 12.0. The van der Waals surface area contributed by atoms with Crippen LogP contribution in [0.25, 0.3) is 0 Å². The lowest BCUT2D eigenvalue weighted by Crippen LogP contribution is -2.42. The summed E-state index contributed by atoms with van der Waals surface area (Å²) < 4.78 is 11.7. The topological polar surface area (TPSA) is 59.0 Å². The van der Waals surface area contributed by atoms with Crippen molar-refractivity contribution in [1.82, 2.24) is 4.90 Å². The molecule has 3 rings (SSSR count). The van der Waals surface area contributed by atoms with Crippen molar-refractivity contribution in [2.75, 3.05) is 6.29 Å². The van der Waals surface area contributed by atoms with Crippen LogP contribution in [0.3, 0.4) is 0 Å². The zero-order valence-electron chi connectivity index (χ0n) is 9.67. The predicted molar refractivity (Wildman–Crippen MR) is 63.0 cm³/mol. The van der Waals surface area contributed by atoms with Gasteiger partial charge in [-0.15, -0.1) is 9.24 Å². The molecule has 1 unspecified atom stereocenters. The first kappa shape index (κ1) is 11.8. The Morgan fingerprint density at radius 2 is 2.06 bits per heavy atom. The quantitative estimate of drug-likeness (QED) is 0.693. The van der Waals surface area contributed by atoms with Gasteiger partial charge in [0.1, 0.15) is 6.10 Å². The van der Waals surface area contributed by atoms with Gasteiger partial charge in [0.25, 0.3) is 5.91 Å². The van der Waals surface area contributed by atoms with E-state index in [-0.39, 0.29) is 5.91 Å². The van der Waals surface area contributed by atoms with Gasteiger partial charge in [0, 0.05) is 19.1 Å². The Kier molecular flexibility index (Phi) is 2.90. The number of hydrogen-bond donors (Lipinski definition) is 1. The molecule has 6 heteroatoms. The van der Waals surface area contributed by atoms with Crippen molar-refractivity contribution in [1.29, 1.82) is 0 Å². The van der Waals surface area contributed by atoms with E-state index in [9.17, 15) is 9.90 Å². The summed E-state index contributed by atoms with van der Waals surface area (Å²) >= 11 is 0. The van der Waals surface area contributed by atoms with Crippen LogP contribution in [0.5, 0.6) is 0 Å². The van der Waals surface area contributed by atoms with Crippen LogP contribution in [-0.2, 0) is 14.3 Å². The molecule has 0 aromatic heterocycles. The van der Waals surface area contributed by atoms with Crippen molar-refractivity contribution < 1.29 is 19.4 Å². The number of aliphatic hydroxyl groups excluding tert-OH is 1. The molecule has 3 aliphatic rings. The van der Waals surface area contributed by atoms with Gasteiger partial charge in [-0.2, -0.15) is 0 Å². The average molecular weight is 259 g/mol. The van der Waals surface area contributed by atoms with Crippen LogP contribution in [0, 0.1) is 0 Å². The van der Waals surface area contributed by atoms with Gasteiger partial charge in [0.15, 0.2) is 18.1 Å². The van der Waals surface area contributed by atoms with Crippen molar-refractivity contribution in [2.45, 2.75) is 56.3 Å². The molecule has 0 bridgehead atoms. The second kappa shape index (κ2) is 4.16. The highest BCUT2D eigenvalue weighted by Crippen LogP contribution is 2.44. The minimum absolute atomic E-state index is 0.153. The molecular weight excluding hydrogens is 241 g/mol. The van der Waals surface area contributed by atoms with E-state index in [1.807, 2.05) is 0 Å². The van der Waals surface area contributed by atoms with Crippen molar-refractivity contribution in [3.05, 3.63) is 0 Å². The van der Waals surface area contributed by atoms with E-state index in [0.717, 1.165) is 25.7 Å². The Bertz CT molecular complexity index is 331. The molecule has 96 valence electrons. The number of likely N-dealkylation sites (tertiary alicyclic amines) is 1. The van der Waals surface area contributed by atoms with Gasteiger partial charge in [0.2, 0.25) is 0 Å². The maximum absolute atomic E-state index is 12.0. The van der Waals surface area contributed by atoms with Crippen molar-refractivity contribution in [3.8, 4) is 0 Å². The van der Waals surface area contributed by atoms with E-state index in [1.54, 1.807) is 0 Å². The van der Waals surface area contributed by atoms with Crippen LogP contribution in [0.2, 0.25) is 0 Å². The molecule has 4 atom stereocenters. The van der Waals surface area contributed by atoms with Gasteiger partial charge in [-0.1, -0.05) is 6.42 Å². The van der Waals surface area contributed by atoms with Crippen molar-refractivity contribution >= 4 is 15.1 Å². The average Bonchev–Trinajstić information content (AvgIpc) is 2.78. The SMILES string of the molecule is O=C1[C@H]2OC3(CCCCC3)O[C@H]2[C@H](O)N1CP. The number of nitrogens with zero attached hydrogens (tertiary/aromatic N) is 1. The molecule has 1 amide bonds. The highest BCUT2D eigenvalue weighted by atomic mass is 31.0. The monoisotopic (exact) mass is 259 g/mol. The van der Waals surface area contributed by atoms with Crippen LogP contribution in [0.4, 0.5) is 0 Å². The molecule has 0 aromatic rings. The minimum Gasteiger partial charge on any atom is -0.371 e. The van der Waals surface area contributed by atoms with Crippen molar-refractivity contribution in [2.24, 2.45) is 0 Å². The Balaban J connectivity index is 1.79. The number of ether oxygens (including phenoxy) is 2. The lowest BCUT2D eigenvalue weighted by Gasteiger charge is -2.34. The summed E-state index contributed by atoms with van der Waals surface area (Å²) in [6.07, 6.45) is 3.41. The third-order valence-corrected chi connectivity index (χ3v) is 4.34. The van der Waals surface area contributed by atoms with Crippen LogP contribution in [0.15, 0.2) is 0 Å². The fraction of sp³-hybridized carbons (Fsp3) is 0.909. The van der Waals surface area contributed by atoms with Crippen LogP contribution in [0.1, 0.15) is 32.1 Å². The number of carbonyl (C=O) groups is 1. The highest BCUT2D eigenvalue weighted by Gasteiger charge is 2.59. The molecule has 2 saturated heterocycles. The number of hydrogen-bond acceptors (Lipinski definition) is 4. The summed E-state index contributed by atoms with van der Waals surface area (Å²) in [5.74, 6) is -0.753. The largest absolute Gasteiger partial charge is 0.371 e. The summed E-state index contributed by atoms with van der Waals surface area (Å²) in [5.41, 5.74) is 0. The highest BCUT2D eigenvalue weighted by molar-refractivity contribution is 7.16. The standard InChI is InChI=1S/C11H18NO4P/c13-9-7-8(10(14)12(9)6-17)16-11(15-7)4-2-1-3-5-11/h7-9,13H,1-6,17H2/t7-,8+,9+/m1/s1. The fourth-order valence-electron chi connectivity index (χ4n) is 3.04. The second-order valence-corrected chi connectivity index (χ2v) is 5.36. The smallest absolute Gasteiger partial charge is 0.257 e. The summed E-state index contributed by atoms with van der Waals surface area (Å²) in [5, 5.41) is 10.0. The molecule has 5 nitrogen and oxygen atoms in total. The molecule has 0 aromatic carbocycles. The zero-order chi connectivity index (χ0) is 12.0. The summed E-state index contributed by atoms with van der Waals surface area (Å²) in [7, 11) is 2.44. The van der Waals surface area contributed by atoms with Crippen LogP contribution >= 0.6 is 9.24 Å².